The number of halogens is 1. The molecule has 0 saturated heterocycles. The van der Waals surface area contributed by atoms with E-state index in [-0.39, 0.29) is 5.91 Å². The number of ether oxygens (including phenoxy) is 1. The number of benzene rings is 2. The third-order valence-corrected chi connectivity index (χ3v) is 4.91. The smallest absolute Gasteiger partial charge is 0.230 e. The fourth-order valence-electron chi connectivity index (χ4n) is 1.82. The lowest BCUT2D eigenvalue weighted by Gasteiger charge is -2.08. The zero-order chi connectivity index (χ0) is 15.8. The van der Waals surface area contributed by atoms with Crippen molar-refractivity contribution in [2.45, 2.75) is 11.8 Å². The van der Waals surface area contributed by atoms with Gasteiger partial charge in [0.2, 0.25) is 5.91 Å². The van der Waals surface area contributed by atoms with Gasteiger partial charge in [0.1, 0.15) is 12.4 Å². The van der Waals surface area contributed by atoms with Crippen LogP contribution in [0.4, 0.5) is 0 Å². The molecule has 0 spiro atoms. The summed E-state index contributed by atoms with van der Waals surface area (Å²) in [5, 5.41) is 2.86. The molecule has 0 heterocycles. The Morgan fingerprint density at radius 3 is 2.82 bits per heavy atom. The highest BCUT2D eigenvalue weighted by Gasteiger charge is 2.04. The van der Waals surface area contributed by atoms with E-state index in [0.717, 1.165) is 20.7 Å². The zero-order valence-corrected chi connectivity index (χ0v) is 14.7. The standard InChI is InChI=1S/C17H18BrNO2S/c1-13-5-4-6-14(11-13)21-10-9-19-17(20)12-22-16-8-3-2-7-15(16)18/h2-8,11H,9-10,12H2,1H3,(H,19,20). The Labute approximate surface area is 143 Å². The fourth-order valence-corrected chi connectivity index (χ4v) is 3.22. The van der Waals surface area contributed by atoms with E-state index < -0.39 is 0 Å². The van der Waals surface area contributed by atoms with Crippen LogP contribution in [0.5, 0.6) is 5.75 Å². The lowest BCUT2D eigenvalue weighted by Crippen LogP contribution is -2.29. The summed E-state index contributed by atoms with van der Waals surface area (Å²) < 4.78 is 6.60. The quantitative estimate of drug-likeness (QED) is 0.582. The molecule has 116 valence electrons. The summed E-state index contributed by atoms with van der Waals surface area (Å²) in [6, 6.07) is 15.7. The molecule has 2 aromatic rings. The van der Waals surface area contributed by atoms with Crippen LogP contribution in [-0.2, 0) is 4.79 Å². The first-order valence-corrected chi connectivity index (χ1v) is 8.76. The van der Waals surface area contributed by atoms with Gasteiger partial charge >= 0.3 is 0 Å². The first-order valence-electron chi connectivity index (χ1n) is 6.98. The molecular formula is C17H18BrNO2S. The third-order valence-electron chi connectivity index (χ3n) is 2.88. The second-order valence-corrected chi connectivity index (χ2v) is 6.61. The third kappa shape index (κ3) is 5.73. The van der Waals surface area contributed by atoms with Crippen molar-refractivity contribution in [3.63, 3.8) is 0 Å². The molecule has 5 heteroatoms. The summed E-state index contributed by atoms with van der Waals surface area (Å²) >= 11 is 4.98. The van der Waals surface area contributed by atoms with E-state index in [2.05, 4.69) is 21.2 Å². The Hall–Kier alpha value is -1.46. The van der Waals surface area contributed by atoms with Gasteiger partial charge in [-0.2, -0.15) is 0 Å². The zero-order valence-electron chi connectivity index (χ0n) is 12.3. The Bertz CT molecular complexity index is 634. The predicted octanol–water partition coefficient (Wildman–Crippen LogP) is 4.04. The van der Waals surface area contributed by atoms with Gasteiger partial charge in [-0.3, -0.25) is 4.79 Å². The lowest BCUT2D eigenvalue weighted by atomic mass is 10.2. The van der Waals surface area contributed by atoms with Crippen LogP contribution in [0.25, 0.3) is 0 Å². The fraction of sp³-hybridized carbons (Fsp3) is 0.235. The number of thioether (sulfide) groups is 1. The minimum atomic E-state index is 0.00796. The minimum Gasteiger partial charge on any atom is -0.492 e. The number of carbonyl (C=O) groups excluding carboxylic acids is 1. The molecule has 0 radical (unpaired) electrons. The molecule has 1 N–H and O–H groups in total. The average molecular weight is 380 g/mol. The monoisotopic (exact) mass is 379 g/mol. The van der Waals surface area contributed by atoms with Crippen LogP contribution in [-0.4, -0.2) is 24.8 Å². The topological polar surface area (TPSA) is 38.3 Å². The molecule has 0 unspecified atom stereocenters. The summed E-state index contributed by atoms with van der Waals surface area (Å²) in [6.07, 6.45) is 0. The highest BCUT2D eigenvalue weighted by Crippen LogP contribution is 2.26. The van der Waals surface area contributed by atoms with Gasteiger partial charge in [-0.1, -0.05) is 24.3 Å². The van der Waals surface area contributed by atoms with E-state index in [4.69, 9.17) is 4.74 Å². The maximum Gasteiger partial charge on any atom is 0.230 e. The number of rotatable bonds is 7. The molecule has 0 aromatic heterocycles. The Morgan fingerprint density at radius 1 is 1.23 bits per heavy atom. The molecule has 22 heavy (non-hydrogen) atoms. The molecule has 0 aliphatic heterocycles. The van der Waals surface area contributed by atoms with Crippen molar-refractivity contribution in [3.05, 3.63) is 58.6 Å². The number of nitrogens with one attached hydrogen (secondary N) is 1. The number of hydrogen-bond donors (Lipinski definition) is 1. The number of hydrogen-bond acceptors (Lipinski definition) is 3. The van der Waals surface area contributed by atoms with E-state index in [1.165, 1.54) is 11.8 Å². The van der Waals surface area contributed by atoms with E-state index in [0.29, 0.717) is 18.9 Å². The van der Waals surface area contributed by atoms with Gasteiger partial charge < -0.3 is 10.1 Å². The van der Waals surface area contributed by atoms with Crippen LogP contribution in [0.1, 0.15) is 5.56 Å². The van der Waals surface area contributed by atoms with Crippen molar-refractivity contribution in [2.75, 3.05) is 18.9 Å². The molecule has 2 rings (SSSR count). The second kappa shape index (κ2) is 8.86. The van der Waals surface area contributed by atoms with Gasteiger partial charge in [-0.25, -0.2) is 0 Å². The van der Waals surface area contributed by atoms with Gasteiger partial charge in [0, 0.05) is 9.37 Å². The van der Waals surface area contributed by atoms with E-state index in [9.17, 15) is 4.79 Å². The van der Waals surface area contributed by atoms with Crippen LogP contribution in [0.15, 0.2) is 57.9 Å². The van der Waals surface area contributed by atoms with Crippen molar-refractivity contribution in [3.8, 4) is 5.75 Å². The molecule has 2 aromatic carbocycles. The average Bonchev–Trinajstić information content (AvgIpc) is 2.51. The van der Waals surface area contributed by atoms with E-state index >= 15 is 0 Å². The van der Waals surface area contributed by atoms with E-state index in [1.807, 2.05) is 55.5 Å². The molecule has 0 bridgehead atoms. The van der Waals surface area contributed by atoms with Crippen LogP contribution < -0.4 is 10.1 Å². The Morgan fingerprint density at radius 2 is 2.05 bits per heavy atom. The van der Waals surface area contributed by atoms with Gasteiger partial charge in [-0.05, 0) is 52.7 Å². The van der Waals surface area contributed by atoms with Crippen LogP contribution in [0, 0.1) is 6.92 Å². The van der Waals surface area contributed by atoms with Gasteiger partial charge in [0.25, 0.3) is 0 Å². The summed E-state index contributed by atoms with van der Waals surface area (Å²) in [7, 11) is 0. The maximum atomic E-state index is 11.8. The van der Waals surface area contributed by atoms with Crippen molar-refractivity contribution >= 4 is 33.6 Å². The van der Waals surface area contributed by atoms with Crippen molar-refractivity contribution in [1.29, 1.82) is 0 Å². The molecule has 3 nitrogen and oxygen atoms in total. The molecule has 0 fully saturated rings. The lowest BCUT2D eigenvalue weighted by molar-refractivity contribution is -0.118. The first kappa shape index (κ1) is 16.9. The summed E-state index contributed by atoms with van der Waals surface area (Å²) in [5.74, 6) is 1.23. The van der Waals surface area contributed by atoms with Gasteiger partial charge in [-0.15, -0.1) is 11.8 Å². The summed E-state index contributed by atoms with van der Waals surface area (Å²) in [4.78, 5) is 12.9. The summed E-state index contributed by atoms with van der Waals surface area (Å²) in [5.41, 5.74) is 1.16. The highest BCUT2D eigenvalue weighted by molar-refractivity contribution is 9.10. The van der Waals surface area contributed by atoms with Crippen molar-refractivity contribution in [1.82, 2.24) is 5.32 Å². The number of amides is 1. The molecule has 0 atom stereocenters. The molecular weight excluding hydrogens is 362 g/mol. The Balaban J connectivity index is 1.65. The predicted molar refractivity (Wildman–Crippen MR) is 94.5 cm³/mol. The van der Waals surface area contributed by atoms with Gasteiger partial charge in [0.15, 0.2) is 0 Å². The normalized spacial score (nSPS) is 10.3. The first-order chi connectivity index (χ1) is 10.6. The van der Waals surface area contributed by atoms with Crippen molar-refractivity contribution < 1.29 is 9.53 Å². The van der Waals surface area contributed by atoms with Crippen LogP contribution in [0.2, 0.25) is 0 Å². The maximum absolute atomic E-state index is 11.8. The van der Waals surface area contributed by atoms with E-state index in [1.54, 1.807) is 0 Å². The number of aryl methyl sites for hydroxylation is 1. The number of carbonyl (C=O) groups is 1. The molecule has 1 amide bonds. The molecule has 0 aliphatic rings. The largest absolute Gasteiger partial charge is 0.492 e. The minimum absolute atomic E-state index is 0.00796. The SMILES string of the molecule is Cc1cccc(OCCNC(=O)CSc2ccccc2Br)c1. The summed E-state index contributed by atoms with van der Waals surface area (Å²) in [6.45, 7) is 2.99. The molecule has 0 aliphatic carbocycles. The highest BCUT2D eigenvalue weighted by atomic mass is 79.9. The second-order valence-electron chi connectivity index (χ2n) is 4.73. The molecule has 0 saturated carbocycles. The Kier molecular flexibility index (Phi) is 6.80. The van der Waals surface area contributed by atoms with Gasteiger partial charge in [0.05, 0.1) is 12.3 Å². The van der Waals surface area contributed by atoms with Crippen LogP contribution in [0.3, 0.4) is 0 Å². The van der Waals surface area contributed by atoms with Crippen LogP contribution >= 0.6 is 27.7 Å². The van der Waals surface area contributed by atoms with Crippen molar-refractivity contribution in [2.24, 2.45) is 0 Å².